The molecule has 19 heavy (non-hydrogen) atoms. The van der Waals surface area contributed by atoms with Crippen molar-refractivity contribution in [2.75, 3.05) is 0 Å². The summed E-state index contributed by atoms with van der Waals surface area (Å²) in [5.74, 6) is 1.50. The second-order valence-electron chi connectivity index (χ2n) is 4.94. The van der Waals surface area contributed by atoms with Crippen molar-refractivity contribution in [2.45, 2.75) is 26.2 Å². The van der Waals surface area contributed by atoms with E-state index in [1.54, 1.807) is 0 Å². The Hall–Kier alpha value is -1.34. The number of halogens is 2. The zero-order valence-electron chi connectivity index (χ0n) is 11.2. The van der Waals surface area contributed by atoms with Crippen LogP contribution in [-0.2, 0) is 0 Å². The van der Waals surface area contributed by atoms with Crippen LogP contribution in [0.2, 0.25) is 5.02 Å². The summed E-state index contributed by atoms with van der Waals surface area (Å²) in [5.41, 5.74) is 2.37. The lowest BCUT2D eigenvalue weighted by Crippen LogP contribution is -2.02. The van der Waals surface area contributed by atoms with Crippen LogP contribution >= 0.6 is 11.6 Å². The maximum atomic E-state index is 12.9. The smallest absolute Gasteiger partial charge is 0.123 e. The van der Waals surface area contributed by atoms with E-state index in [2.05, 4.69) is 13.8 Å². The van der Waals surface area contributed by atoms with Gasteiger partial charge in [-0.05, 0) is 47.7 Å². The molecule has 1 unspecified atom stereocenters. The molecule has 0 aliphatic rings. The van der Waals surface area contributed by atoms with Crippen LogP contribution in [0.4, 0.5) is 4.39 Å². The van der Waals surface area contributed by atoms with E-state index in [4.69, 9.17) is 11.6 Å². The summed E-state index contributed by atoms with van der Waals surface area (Å²) >= 11 is 5.89. The van der Waals surface area contributed by atoms with Gasteiger partial charge in [0.2, 0.25) is 0 Å². The van der Waals surface area contributed by atoms with Crippen molar-refractivity contribution in [3.05, 3.63) is 76.4 Å². The first-order chi connectivity index (χ1) is 9.06. The highest BCUT2D eigenvalue weighted by atomic mass is 35.5. The van der Waals surface area contributed by atoms with Gasteiger partial charge in [-0.2, -0.15) is 0 Å². The van der Waals surface area contributed by atoms with Crippen LogP contribution in [0.25, 0.3) is 0 Å². The minimum Gasteiger partial charge on any atom is -0.207 e. The van der Waals surface area contributed by atoms with Crippen LogP contribution in [0.5, 0.6) is 0 Å². The molecule has 99 valence electrons. The lowest BCUT2D eigenvalue weighted by molar-refractivity contribution is 0.624. The van der Waals surface area contributed by atoms with E-state index in [1.807, 2.05) is 36.4 Å². The van der Waals surface area contributed by atoms with Gasteiger partial charge in [-0.1, -0.05) is 49.7 Å². The number of benzene rings is 2. The summed E-state index contributed by atoms with van der Waals surface area (Å²) in [6, 6.07) is 14.6. The third kappa shape index (κ3) is 3.81. The molecule has 2 aromatic rings. The summed E-state index contributed by atoms with van der Waals surface area (Å²) < 4.78 is 12.9. The van der Waals surface area contributed by atoms with Crippen LogP contribution in [0.15, 0.2) is 48.5 Å². The molecule has 0 nitrogen and oxygen atoms in total. The van der Waals surface area contributed by atoms with E-state index in [0.29, 0.717) is 5.92 Å². The highest BCUT2D eigenvalue weighted by molar-refractivity contribution is 6.30. The van der Waals surface area contributed by atoms with Gasteiger partial charge < -0.3 is 0 Å². The quantitative estimate of drug-likeness (QED) is 0.680. The Labute approximate surface area is 119 Å². The molecule has 2 rings (SSSR count). The SMILES string of the molecule is C[C](CC(C)c1ccc(F)cc1)c1ccc(Cl)cc1. The van der Waals surface area contributed by atoms with Crippen LogP contribution < -0.4 is 0 Å². The molecular weight excluding hydrogens is 259 g/mol. The molecule has 2 aromatic carbocycles. The first-order valence-corrected chi connectivity index (χ1v) is 6.78. The topological polar surface area (TPSA) is 0 Å². The molecule has 0 aliphatic carbocycles. The Morgan fingerprint density at radius 1 is 1.05 bits per heavy atom. The molecule has 0 bridgehead atoms. The number of hydrogen-bond donors (Lipinski definition) is 0. The second-order valence-corrected chi connectivity index (χ2v) is 5.38. The van der Waals surface area contributed by atoms with E-state index in [-0.39, 0.29) is 5.82 Å². The first-order valence-electron chi connectivity index (χ1n) is 6.40. The zero-order chi connectivity index (χ0) is 13.8. The lowest BCUT2D eigenvalue weighted by Gasteiger charge is -2.17. The third-order valence-corrected chi connectivity index (χ3v) is 3.64. The highest BCUT2D eigenvalue weighted by Crippen LogP contribution is 2.29. The van der Waals surface area contributed by atoms with E-state index in [9.17, 15) is 4.39 Å². The molecule has 0 aliphatic heterocycles. The third-order valence-electron chi connectivity index (χ3n) is 3.39. The molecule has 0 amide bonds. The Bertz CT molecular complexity index is 466. The molecule has 0 saturated carbocycles. The van der Waals surface area contributed by atoms with Crippen molar-refractivity contribution in [1.29, 1.82) is 0 Å². The molecule has 0 aromatic heterocycles. The molecule has 0 spiro atoms. The van der Waals surface area contributed by atoms with Crippen molar-refractivity contribution in [3.8, 4) is 0 Å². The van der Waals surface area contributed by atoms with Gasteiger partial charge in [0.15, 0.2) is 0 Å². The molecule has 1 radical (unpaired) electrons. The fraction of sp³-hybridized carbons (Fsp3) is 0.235. The van der Waals surface area contributed by atoms with Gasteiger partial charge in [0, 0.05) is 10.9 Å². The molecule has 2 heteroatoms. The Morgan fingerprint density at radius 2 is 1.63 bits per heavy atom. The van der Waals surface area contributed by atoms with Gasteiger partial charge in [0.25, 0.3) is 0 Å². The summed E-state index contributed by atoms with van der Waals surface area (Å²) in [6.45, 7) is 4.29. The molecule has 0 heterocycles. The van der Waals surface area contributed by atoms with Gasteiger partial charge in [-0.25, -0.2) is 4.39 Å². The average Bonchev–Trinajstić information content (AvgIpc) is 2.40. The molecule has 1 atom stereocenters. The zero-order valence-corrected chi connectivity index (χ0v) is 11.9. The van der Waals surface area contributed by atoms with Gasteiger partial charge in [0.1, 0.15) is 5.82 Å². The highest BCUT2D eigenvalue weighted by Gasteiger charge is 2.13. The van der Waals surface area contributed by atoms with Crippen molar-refractivity contribution >= 4 is 11.6 Å². The normalized spacial score (nSPS) is 12.7. The fourth-order valence-electron chi connectivity index (χ4n) is 2.22. The van der Waals surface area contributed by atoms with Crippen LogP contribution in [-0.4, -0.2) is 0 Å². The van der Waals surface area contributed by atoms with Crippen molar-refractivity contribution in [2.24, 2.45) is 0 Å². The minimum absolute atomic E-state index is 0.186. The predicted molar refractivity (Wildman–Crippen MR) is 78.9 cm³/mol. The second kappa shape index (κ2) is 6.21. The summed E-state index contributed by atoms with van der Waals surface area (Å²) in [4.78, 5) is 0. The average molecular weight is 276 g/mol. The summed E-state index contributed by atoms with van der Waals surface area (Å²) in [6.07, 6.45) is 0.952. The van der Waals surface area contributed by atoms with E-state index in [1.165, 1.54) is 23.6 Å². The molecule has 0 saturated heterocycles. The van der Waals surface area contributed by atoms with Crippen LogP contribution in [0, 0.1) is 11.7 Å². The lowest BCUT2D eigenvalue weighted by atomic mass is 9.87. The van der Waals surface area contributed by atoms with Crippen LogP contribution in [0.3, 0.4) is 0 Å². The van der Waals surface area contributed by atoms with Gasteiger partial charge in [0.05, 0.1) is 0 Å². The van der Waals surface area contributed by atoms with E-state index in [0.717, 1.165) is 17.0 Å². The molecule has 0 fully saturated rings. The van der Waals surface area contributed by atoms with Crippen LogP contribution in [0.1, 0.15) is 37.3 Å². The fourth-order valence-corrected chi connectivity index (χ4v) is 2.35. The predicted octanol–water partition coefficient (Wildman–Crippen LogP) is 5.62. The molecular formula is C17H17ClF. The van der Waals surface area contributed by atoms with E-state index < -0.39 is 0 Å². The maximum absolute atomic E-state index is 12.9. The minimum atomic E-state index is -0.186. The number of hydrogen-bond acceptors (Lipinski definition) is 0. The van der Waals surface area contributed by atoms with Gasteiger partial charge >= 0.3 is 0 Å². The van der Waals surface area contributed by atoms with Crippen molar-refractivity contribution in [1.82, 2.24) is 0 Å². The standard InChI is InChI=1S/C17H17ClF/c1-12(14-3-7-16(18)8-4-14)11-13(2)15-5-9-17(19)10-6-15/h3-10,13H,11H2,1-2H3. The first kappa shape index (κ1) is 14.1. The van der Waals surface area contributed by atoms with Gasteiger partial charge in [-0.3, -0.25) is 0 Å². The summed E-state index contributed by atoms with van der Waals surface area (Å²) in [5, 5.41) is 0.753. The Balaban J connectivity index is 2.03. The monoisotopic (exact) mass is 275 g/mol. The van der Waals surface area contributed by atoms with Gasteiger partial charge in [-0.15, -0.1) is 0 Å². The Kier molecular flexibility index (Phi) is 4.60. The van der Waals surface area contributed by atoms with Crippen molar-refractivity contribution < 1.29 is 4.39 Å². The largest absolute Gasteiger partial charge is 0.207 e. The maximum Gasteiger partial charge on any atom is 0.123 e. The molecule has 0 N–H and O–H groups in total. The number of rotatable bonds is 4. The Morgan fingerprint density at radius 3 is 2.21 bits per heavy atom. The van der Waals surface area contributed by atoms with E-state index >= 15 is 0 Å². The van der Waals surface area contributed by atoms with Crippen molar-refractivity contribution in [3.63, 3.8) is 0 Å². The summed E-state index contributed by atoms with van der Waals surface area (Å²) in [7, 11) is 0.